The Balaban J connectivity index is 1.97. The summed E-state index contributed by atoms with van der Waals surface area (Å²) >= 11 is 6.09. The number of hydrogen-bond acceptors (Lipinski definition) is 8. The van der Waals surface area contributed by atoms with Gasteiger partial charge in [0.05, 0.1) is 16.4 Å². The number of aliphatic imine (C=N–C) groups is 1. The molecule has 0 bridgehead atoms. The van der Waals surface area contributed by atoms with Crippen LogP contribution in [-0.2, 0) is 14.2 Å². The first kappa shape index (κ1) is 28.4. The molecule has 2 aromatic carbocycles. The number of ether oxygens (including phenoxy) is 5. The van der Waals surface area contributed by atoms with Gasteiger partial charge in [-0.05, 0) is 59.7 Å². The van der Waals surface area contributed by atoms with Crippen LogP contribution in [0.1, 0.15) is 47.1 Å². The minimum Gasteiger partial charge on any atom is -0.486 e. The van der Waals surface area contributed by atoms with E-state index in [-0.39, 0.29) is 34.4 Å². The summed E-state index contributed by atoms with van der Waals surface area (Å²) in [6, 6.07) is 7.34. The van der Waals surface area contributed by atoms with Crippen molar-refractivity contribution >= 4 is 41.0 Å². The van der Waals surface area contributed by atoms with E-state index in [9.17, 15) is 9.59 Å². The third-order valence-corrected chi connectivity index (χ3v) is 5.67. The summed E-state index contributed by atoms with van der Waals surface area (Å²) in [5, 5.41) is -0.210. The topological polar surface area (TPSA) is 99.1 Å². The van der Waals surface area contributed by atoms with Crippen LogP contribution < -0.4 is 19.3 Å². The molecule has 0 saturated heterocycles. The van der Waals surface area contributed by atoms with E-state index in [2.05, 4.69) is 4.99 Å². The van der Waals surface area contributed by atoms with Crippen molar-refractivity contribution in [3.8, 4) is 11.5 Å². The fourth-order valence-corrected chi connectivity index (χ4v) is 4.08. The Labute approximate surface area is 231 Å². The van der Waals surface area contributed by atoms with Crippen LogP contribution in [-0.4, -0.2) is 55.9 Å². The predicted molar refractivity (Wildman–Crippen MR) is 144 cm³/mol. The minimum absolute atomic E-state index is 0.0657. The second kappa shape index (κ2) is 10.5. The molecule has 2 aliphatic heterocycles. The number of carbonyl (C=O) groups is 2. The zero-order chi connectivity index (χ0) is 28.7. The summed E-state index contributed by atoms with van der Waals surface area (Å²) in [6.45, 7) is 10.8. The number of fused-ring (bicyclic) bond motifs is 2. The zero-order valence-electron chi connectivity index (χ0n) is 22.8. The van der Waals surface area contributed by atoms with Crippen LogP contribution >= 0.6 is 11.6 Å². The van der Waals surface area contributed by atoms with Crippen molar-refractivity contribution in [1.29, 1.82) is 0 Å². The van der Waals surface area contributed by atoms with E-state index < -0.39 is 35.6 Å². The van der Waals surface area contributed by atoms with Crippen molar-refractivity contribution in [1.82, 2.24) is 0 Å². The zero-order valence-corrected chi connectivity index (χ0v) is 23.6. The van der Waals surface area contributed by atoms with Gasteiger partial charge >= 0.3 is 12.2 Å². The van der Waals surface area contributed by atoms with Crippen LogP contribution in [0.2, 0.25) is 5.02 Å². The molecule has 0 spiro atoms. The number of hydrogen-bond donors (Lipinski definition) is 0. The van der Waals surface area contributed by atoms with Crippen molar-refractivity contribution in [2.24, 2.45) is 4.99 Å². The Morgan fingerprint density at radius 1 is 1.05 bits per heavy atom. The smallest absolute Gasteiger partial charge is 0.420 e. The van der Waals surface area contributed by atoms with Gasteiger partial charge in [-0.15, -0.1) is 0 Å². The molecular formula is C27H31ClFN3O7. The van der Waals surface area contributed by atoms with Crippen molar-refractivity contribution in [2.45, 2.75) is 59.1 Å². The predicted octanol–water partition coefficient (Wildman–Crippen LogP) is 6.12. The molecule has 0 N–H and O–H groups in total. The molecule has 0 radical (unpaired) electrons. The highest BCUT2D eigenvalue weighted by Gasteiger charge is 2.41. The molecule has 2 heterocycles. The van der Waals surface area contributed by atoms with E-state index in [1.165, 1.54) is 30.2 Å². The molecule has 0 aromatic heterocycles. The maximum absolute atomic E-state index is 15.4. The first-order valence-corrected chi connectivity index (χ1v) is 12.6. The largest absolute Gasteiger partial charge is 0.486 e. The fourth-order valence-electron chi connectivity index (χ4n) is 3.91. The second-order valence-electron chi connectivity index (χ2n) is 10.8. The van der Waals surface area contributed by atoms with Gasteiger partial charge in [-0.3, -0.25) is 0 Å². The monoisotopic (exact) mass is 563 g/mol. The average Bonchev–Trinajstić information content (AvgIpc) is 2.83. The van der Waals surface area contributed by atoms with Crippen LogP contribution in [0.4, 0.5) is 25.4 Å². The lowest BCUT2D eigenvalue weighted by Crippen LogP contribution is -2.51. The normalized spacial score (nSPS) is 16.7. The molecule has 10 nitrogen and oxygen atoms in total. The molecule has 1 atom stereocenters. The van der Waals surface area contributed by atoms with Crippen LogP contribution in [0.3, 0.4) is 0 Å². The van der Waals surface area contributed by atoms with Crippen LogP contribution in [0.25, 0.3) is 0 Å². The number of benzene rings is 2. The Morgan fingerprint density at radius 2 is 1.67 bits per heavy atom. The van der Waals surface area contributed by atoms with Gasteiger partial charge in [-0.1, -0.05) is 17.7 Å². The maximum atomic E-state index is 15.4. The molecule has 0 aliphatic carbocycles. The average molecular weight is 564 g/mol. The number of halogens is 2. The Hall–Kier alpha value is -3.57. The molecular weight excluding hydrogens is 533 g/mol. The van der Waals surface area contributed by atoms with Crippen molar-refractivity contribution in [2.75, 3.05) is 30.1 Å². The van der Waals surface area contributed by atoms with Crippen molar-refractivity contribution in [3.05, 3.63) is 46.7 Å². The Kier molecular flexibility index (Phi) is 7.68. The SMILES string of the molecule is COC1N=C(N(C(=O)OC(C)(C)C)c2cccc(Cl)c2F)c2cc3c(cc2N1C(=O)OC(C)(C)C)OCCO3. The van der Waals surface area contributed by atoms with Gasteiger partial charge in [0, 0.05) is 18.7 Å². The van der Waals surface area contributed by atoms with Gasteiger partial charge < -0.3 is 23.7 Å². The lowest BCUT2D eigenvalue weighted by atomic mass is 10.1. The third-order valence-electron chi connectivity index (χ3n) is 5.38. The first-order chi connectivity index (χ1) is 18.2. The molecule has 210 valence electrons. The van der Waals surface area contributed by atoms with Gasteiger partial charge in [-0.25, -0.2) is 28.8 Å². The summed E-state index contributed by atoms with van der Waals surface area (Å²) in [5.41, 5.74) is -1.50. The molecule has 4 rings (SSSR count). The fraction of sp³-hybridized carbons (Fsp3) is 0.444. The minimum atomic E-state index is -1.29. The lowest BCUT2D eigenvalue weighted by molar-refractivity contribution is 0.0402. The molecule has 2 aromatic rings. The van der Waals surface area contributed by atoms with Gasteiger partial charge in [0.2, 0.25) is 6.35 Å². The summed E-state index contributed by atoms with van der Waals surface area (Å²) in [5.74, 6) is -0.217. The summed E-state index contributed by atoms with van der Waals surface area (Å²) in [6.07, 6.45) is -2.98. The Morgan fingerprint density at radius 3 is 2.26 bits per heavy atom. The number of amidine groups is 1. The molecule has 12 heteroatoms. The van der Waals surface area contributed by atoms with Gasteiger partial charge in [0.15, 0.2) is 23.2 Å². The molecule has 2 aliphatic rings. The van der Waals surface area contributed by atoms with E-state index in [1.54, 1.807) is 53.7 Å². The number of amides is 2. The summed E-state index contributed by atoms with van der Waals surface area (Å²) in [4.78, 5) is 33.7. The number of rotatable bonds is 2. The third kappa shape index (κ3) is 6.04. The lowest BCUT2D eigenvalue weighted by Gasteiger charge is -2.38. The van der Waals surface area contributed by atoms with E-state index in [0.29, 0.717) is 18.1 Å². The van der Waals surface area contributed by atoms with E-state index in [1.807, 2.05) is 0 Å². The van der Waals surface area contributed by atoms with Crippen LogP contribution in [0.5, 0.6) is 11.5 Å². The highest BCUT2D eigenvalue weighted by Crippen LogP contribution is 2.42. The van der Waals surface area contributed by atoms with Crippen molar-refractivity contribution in [3.63, 3.8) is 0 Å². The summed E-state index contributed by atoms with van der Waals surface area (Å²) in [7, 11) is 1.34. The highest BCUT2D eigenvalue weighted by molar-refractivity contribution is 6.32. The maximum Gasteiger partial charge on any atom is 0.420 e. The van der Waals surface area contributed by atoms with E-state index >= 15 is 4.39 Å². The van der Waals surface area contributed by atoms with Crippen molar-refractivity contribution < 1.29 is 37.7 Å². The van der Waals surface area contributed by atoms with Crippen LogP contribution in [0.15, 0.2) is 35.3 Å². The number of anilines is 2. The number of carbonyl (C=O) groups excluding carboxylic acids is 2. The number of nitrogens with zero attached hydrogens (tertiary/aromatic N) is 3. The number of methoxy groups -OCH3 is 1. The second-order valence-corrected chi connectivity index (χ2v) is 11.2. The van der Waals surface area contributed by atoms with E-state index in [0.717, 1.165) is 4.90 Å². The summed E-state index contributed by atoms with van der Waals surface area (Å²) < 4.78 is 43.7. The molecule has 0 fully saturated rings. The molecule has 39 heavy (non-hydrogen) atoms. The quantitative estimate of drug-likeness (QED) is 0.434. The Bertz CT molecular complexity index is 1320. The van der Waals surface area contributed by atoms with E-state index in [4.69, 9.17) is 35.3 Å². The van der Waals surface area contributed by atoms with Gasteiger partial charge in [0.25, 0.3) is 0 Å². The van der Waals surface area contributed by atoms with Gasteiger partial charge in [-0.2, -0.15) is 0 Å². The van der Waals surface area contributed by atoms with Gasteiger partial charge in [0.1, 0.15) is 24.4 Å². The highest BCUT2D eigenvalue weighted by atomic mass is 35.5. The van der Waals surface area contributed by atoms with Crippen LogP contribution in [0, 0.1) is 5.82 Å². The molecule has 0 saturated carbocycles. The molecule has 1 unspecified atom stereocenters. The first-order valence-electron chi connectivity index (χ1n) is 12.2. The molecule has 2 amide bonds. The standard InChI is InChI=1S/C27H31ClFN3O7/c1-26(2,3)38-24(33)31(17-10-8-9-16(28)21(17)29)22-15-13-19-20(37-12-11-36-19)14-18(15)32(23(30-22)35-7)25(34)39-27(4,5)6/h8-10,13-14,23H,11-12H2,1-7H3.